The van der Waals surface area contributed by atoms with Crippen molar-refractivity contribution in [2.75, 3.05) is 5.73 Å². The van der Waals surface area contributed by atoms with Gasteiger partial charge in [0.15, 0.2) is 5.82 Å². The first kappa shape index (κ1) is 15.1. The zero-order chi connectivity index (χ0) is 16.6. The van der Waals surface area contributed by atoms with Crippen molar-refractivity contribution in [3.8, 4) is 23.1 Å². The van der Waals surface area contributed by atoms with E-state index in [2.05, 4.69) is 16.2 Å². The predicted octanol–water partition coefficient (Wildman–Crippen LogP) is 3.66. The Morgan fingerprint density at radius 1 is 1.17 bits per heavy atom. The maximum atomic E-state index is 9.47. The molecule has 5 nitrogen and oxygen atoms in total. The van der Waals surface area contributed by atoms with Gasteiger partial charge in [-0.1, -0.05) is 23.7 Å². The van der Waals surface area contributed by atoms with Gasteiger partial charge >= 0.3 is 0 Å². The summed E-state index contributed by atoms with van der Waals surface area (Å²) in [7, 11) is 0. The highest BCUT2D eigenvalue weighted by molar-refractivity contribution is 6.33. The van der Waals surface area contributed by atoms with Crippen LogP contribution in [0.2, 0.25) is 5.02 Å². The minimum atomic E-state index is 0.247. The van der Waals surface area contributed by atoms with Crippen molar-refractivity contribution in [3.63, 3.8) is 0 Å². The summed E-state index contributed by atoms with van der Waals surface area (Å²) < 4.78 is 1.47. The molecule has 0 spiro atoms. The molecule has 3 aromatic rings. The SMILES string of the molecule is Cc1ccnc(-n2nc(-c3ccc(C)cc3Cl)c(C#N)c2N)c1. The molecule has 23 heavy (non-hydrogen) atoms. The summed E-state index contributed by atoms with van der Waals surface area (Å²) in [5.41, 5.74) is 9.59. The molecule has 0 saturated heterocycles. The average molecular weight is 324 g/mol. The summed E-state index contributed by atoms with van der Waals surface area (Å²) in [6.07, 6.45) is 1.68. The first-order chi connectivity index (χ1) is 11.0. The van der Waals surface area contributed by atoms with Crippen LogP contribution in [0.4, 0.5) is 5.82 Å². The summed E-state index contributed by atoms with van der Waals surface area (Å²) in [4.78, 5) is 4.27. The van der Waals surface area contributed by atoms with Crippen molar-refractivity contribution in [2.45, 2.75) is 13.8 Å². The van der Waals surface area contributed by atoms with Crippen molar-refractivity contribution >= 4 is 17.4 Å². The first-order valence-electron chi connectivity index (χ1n) is 6.99. The summed E-state index contributed by atoms with van der Waals surface area (Å²) in [6.45, 7) is 3.90. The molecule has 3 rings (SSSR count). The number of aromatic nitrogens is 3. The van der Waals surface area contributed by atoms with E-state index in [1.165, 1.54) is 4.68 Å². The normalized spacial score (nSPS) is 10.5. The lowest BCUT2D eigenvalue weighted by Crippen LogP contribution is -2.04. The van der Waals surface area contributed by atoms with Gasteiger partial charge in [-0.25, -0.2) is 4.98 Å². The van der Waals surface area contributed by atoms with Gasteiger partial charge in [0.2, 0.25) is 0 Å². The van der Waals surface area contributed by atoms with Gasteiger partial charge in [0.05, 0.1) is 5.02 Å². The van der Waals surface area contributed by atoms with Crippen molar-refractivity contribution in [1.29, 1.82) is 5.26 Å². The number of halogens is 1. The van der Waals surface area contributed by atoms with Crippen LogP contribution >= 0.6 is 11.6 Å². The molecule has 0 amide bonds. The number of nitrogens with zero attached hydrogens (tertiary/aromatic N) is 4. The van der Waals surface area contributed by atoms with E-state index in [4.69, 9.17) is 17.3 Å². The Bertz CT molecular complexity index is 937. The fourth-order valence-electron chi connectivity index (χ4n) is 2.35. The van der Waals surface area contributed by atoms with Crippen LogP contribution in [0.25, 0.3) is 17.1 Å². The highest BCUT2D eigenvalue weighted by atomic mass is 35.5. The molecule has 0 atom stereocenters. The van der Waals surface area contributed by atoms with Gasteiger partial charge in [-0.2, -0.15) is 15.0 Å². The van der Waals surface area contributed by atoms with Gasteiger partial charge in [0.1, 0.15) is 23.1 Å². The van der Waals surface area contributed by atoms with Crippen molar-refractivity contribution in [3.05, 3.63) is 58.2 Å². The number of pyridine rings is 1. The highest BCUT2D eigenvalue weighted by Crippen LogP contribution is 2.33. The molecule has 2 aromatic heterocycles. The second-order valence-corrected chi connectivity index (χ2v) is 5.71. The molecule has 0 aliphatic heterocycles. The fourth-order valence-corrected chi connectivity index (χ4v) is 2.68. The zero-order valence-corrected chi connectivity index (χ0v) is 13.5. The van der Waals surface area contributed by atoms with Crippen LogP contribution in [0.1, 0.15) is 16.7 Å². The second kappa shape index (κ2) is 5.75. The number of rotatable bonds is 2. The maximum Gasteiger partial charge on any atom is 0.155 e. The summed E-state index contributed by atoms with van der Waals surface area (Å²) in [5.74, 6) is 0.811. The third kappa shape index (κ3) is 2.65. The van der Waals surface area contributed by atoms with E-state index in [0.717, 1.165) is 11.1 Å². The van der Waals surface area contributed by atoms with Crippen LogP contribution < -0.4 is 5.73 Å². The molecule has 0 aliphatic carbocycles. The lowest BCUT2D eigenvalue weighted by atomic mass is 10.1. The molecule has 0 saturated carbocycles. The minimum Gasteiger partial charge on any atom is -0.382 e. The Hall–Kier alpha value is -2.84. The number of hydrogen-bond donors (Lipinski definition) is 1. The van der Waals surface area contributed by atoms with E-state index < -0.39 is 0 Å². The molecular weight excluding hydrogens is 310 g/mol. The molecular formula is C17H14ClN5. The summed E-state index contributed by atoms with van der Waals surface area (Å²) in [5, 5.41) is 14.5. The smallest absolute Gasteiger partial charge is 0.155 e. The Balaban J connectivity index is 2.24. The largest absolute Gasteiger partial charge is 0.382 e. The first-order valence-corrected chi connectivity index (χ1v) is 7.37. The average Bonchev–Trinajstić information content (AvgIpc) is 2.84. The Kier molecular flexibility index (Phi) is 3.77. The number of nitriles is 1. The Morgan fingerprint density at radius 3 is 2.57 bits per heavy atom. The van der Waals surface area contributed by atoms with Gasteiger partial charge in [-0.3, -0.25) is 0 Å². The maximum absolute atomic E-state index is 9.47. The quantitative estimate of drug-likeness (QED) is 0.780. The molecule has 0 unspecified atom stereocenters. The zero-order valence-electron chi connectivity index (χ0n) is 12.7. The molecule has 6 heteroatoms. The molecule has 2 heterocycles. The number of aryl methyl sites for hydroxylation is 2. The van der Waals surface area contributed by atoms with Crippen molar-refractivity contribution < 1.29 is 0 Å². The van der Waals surface area contributed by atoms with Gasteiger partial charge in [-0.15, -0.1) is 0 Å². The van der Waals surface area contributed by atoms with Gasteiger partial charge in [0.25, 0.3) is 0 Å². The molecule has 1 aromatic carbocycles. The van der Waals surface area contributed by atoms with Crippen LogP contribution in [-0.4, -0.2) is 14.8 Å². The van der Waals surface area contributed by atoms with Crippen LogP contribution in [-0.2, 0) is 0 Å². The van der Waals surface area contributed by atoms with Crippen LogP contribution in [0.3, 0.4) is 0 Å². The number of benzene rings is 1. The minimum absolute atomic E-state index is 0.247. The molecule has 0 fully saturated rings. The second-order valence-electron chi connectivity index (χ2n) is 5.31. The third-order valence-electron chi connectivity index (χ3n) is 3.53. The monoisotopic (exact) mass is 323 g/mol. The van der Waals surface area contributed by atoms with Gasteiger partial charge < -0.3 is 5.73 Å². The Morgan fingerprint density at radius 2 is 1.91 bits per heavy atom. The molecule has 0 radical (unpaired) electrons. The molecule has 0 bridgehead atoms. The topological polar surface area (TPSA) is 80.5 Å². The van der Waals surface area contributed by atoms with E-state index in [0.29, 0.717) is 27.7 Å². The fraction of sp³-hybridized carbons (Fsp3) is 0.118. The number of nitrogen functional groups attached to an aromatic ring is 1. The third-order valence-corrected chi connectivity index (χ3v) is 3.84. The molecule has 114 valence electrons. The van der Waals surface area contributed by atoms with E-state index in [9.17, 15) is 5.26 Å². The number of nitrogens with two attached hydrogens (primary N) is 1. The molecule has 0 aliphatic rings. The van der Waals surface area contributed by atoms with E-state index in [1.54, 1.807) is 6.20 Å². The van der Waals surface area contributed by atoms with Crippen LogP contribution in [0.15, 0.2) is 36.5 Å². The van der Waals surface area contributed by atoms with Gasteiger partial charge in [-0.05, 0) is 43.2 Å². The lowest BCUT2D eigenvalue weighted by molar-refractivity contribution is 0.858. The number of anilines is 1. The molecule has 2 N–H and O–H groups in total. The predicted molar refractivity (Wildman–Crippen MR) is 90.4 cm³/mol. The number of hydrogen-bond acceptors (Lipinski definition) is 4. The van der Waals surface area contributed by atoms with Crippen LogP contribution in [0, 0.1) is 25.2 Å². The van der Waals surface area contributed by atoms with E-state index in [1.807, 2.05) is 44.2 Å². The highest BCUT2D eigenvalue weighted by Gasteiger charge is 2.20. The standard InChI is InChI=1S/C17H14ClN5/c1-10-3-4-12(14(18)7-10)16-13(9-19)17(20)23(22-16)15-8-11(2)5-6-21-15/h3-8H,20H2,1-2H3. The van der Waals surface area contributed by atoms with Crippen LogP contribution in [0.5, 0.6) is 0 Å². The van der Waals surface area contributed by atoms with Crippen molar-refractivity contribution in [1.82, 2.24) is 14.8 Å². The summed E-state index contributed by atoms with van der Waals surface area (Å²) in [6, 6.07) is 11.4. The summed E-state index contributed by atoms with van der Waals surface area (Å²) >= 11 is 6.31. The van der Waals surface area contributed by atoms with Crippen molar-refractivity contribution in [2.24, 2.45) is 0 Å². The van der Waals surface area contributed by atoms with Gasteiger partial charge in [0, 0.05) is 11.8 Å². The lowest BCUT2D eigenvalue weighted by Gasteiger charge is -2.03. The Labute approximate surface area is 139 Å². The van der Waals surface area contributed by atoms with E-state index >= 15 is 0 Å². The van der Waals surface area contributed by atoms with E-state index in [-0.39, 0.29) is 5.82 Å².